The molecule has 0 saturated carbocycles. The number of ether oxygens (including phenoxy) is 3. The van der Waals surface area contributed by atoms with Gasteiger partial charge >= 0.3 is 18.9 Å². The fraction of sp³-hybridized carbons (Fsp3) is 0.417. The molecule has 0 fully saturated rings. The van der Waals surface area contributed by atoms with Gasteiger partial charge in [-0.1, -0.05) is 0 Å². The number of benzene rings is 1. The van der Waals surface area contributed by atoms with Gasteiger partial charge in [-0.15, -0.1) is 0 Å². The van der Waals surface area contributed by atoms with Gasteiger partial charge in [-0.2, -0.15) is 6.42 Å². The van der Waals surface area contributed by atoms with Gasteiger partial charge in [-0.05, 0) is 12.1 Å². The van der Waals surface area contributed by atoms with E-state index in [9.17, 15) is 0 Å². The summed E-state index contributed by atoms with van der Waals surface area (Å²) in [7, 11) is 3.27. The molecule has 0 aliphatic heterocycles. The predicted molar refractivity (Wildman–Crippen MR) is 59.2 cm³/mol. The fourth-order valence-corrected chi connectivity index (χ4v) is 1.26. The van der Waals surface area contributed by atoms with Crippen LogP contribution in [0.1, 0.15) is 12.0 Å². The molecule has 0 aliphatic carbocycles. The van der Waals surface area contributed by atoms with E-state index in [1.807, 2.05) is 18.2 Å². The molecule has 0 N–H and O–H groups in total. The SMILES string of the molecule is [CH2-]CCOCc1ccc(OC)cc1OC.[Li+]. The minimum Gasteiger partial charge on any atom is -0.497 e. The molecule has 0 atom stereocenters. The molecule has 0 spiro atoms. The molecule has 1 aromatic rings. The molecule has 3 nitrogen and oxygen atoms in total. The summed E-state index contributed by atoms with van der Waals surface area (Å²) in [4.78, 5) is 0. The molecule has 0 aliphatic rings. The van der Waals surface area contributed by atoms with Crippen LogP contribution in [0.2, 0.25) is 0 Å². The number of hydrogen-bond acceptors (Lipinski definition) is 3. The van der Waals surface area contributed by atoms with Crippen molar-refractivity contribution < 1.29 is 33.1 Å². The molecule has 0 unspecified atom stereocenters. The zero-order chi connectivity index (χ0) is 11.1. The topological polar surface area (TPSA) is 27.7 Å². The predicted octanol–water partition coefficient (Wildman–Crippen LogP) is -0.551. The van der Waals surface area contributed by atoms with Crippen molar-refractivity contribution in [3.05, 3.63) is 30.7 Å². The fourth-order valence-electron chi connectivity index (χ4n) is 1.26. The summed E-state index contributed by atoms with van der Waals surface area (Å²) in [6, 6.07) is 5.69. The molecule has 1 aromatic carbocycles. The molecule has 0 heterocycles. The second-order valence-electron chi connectivity index (χ2n) is 3.08. The van der Waals surface area contributed by atoms with Crippen LogP contribution in [0.4, 0.5) is 0 Å². The molecular weight excluding hydrogens is 199 g/mol. The maximum Gasteiger partial charge on any atom is 1.00 e. The second-order valence-corrected chi connectivity index (χ2v) is 3.08. The Morgan fingerprint density at radius 1 is 1.19 bits per heavy atom. The average molecular weight is 216 g/mol. The second kappa shape index (κ2) is 8.52. The van der Waals surface area contributed by atoms with E-state index in [0.717, 1.165) is 23.5 Å². The number of methoxy groups -OCH3 is 2. The van der Waals surface area contributed by atoms with E-state index >= 15 is 0 Å². The summed E-state index contributed by atoms with van der Waals surface area (Å²) in [5, 5.41) is 0. The molecule has 0 aromatic heterocycles. The van der Waals surface area contributed by atoms with Crippen LogP contribution in [0.15, 0.2) is 18.2 Å². The van der Waals surface area contributed by atoms with Crippen LogP contribution in [0.3, 0.4) is 0 Å². The molecule has 0 amide bonds. The van der Waals surface area contributed by atoms with Crippen LogP contribution < -0.4 is 28.3 Å². The Balaban J connectivity index is 0.00000225. The Labute approximate surface area is 109 Å². The van der Waals surface area contributed by atoms with Gasteiger partial charge in [0.1, 0.15) is 11.5 Å². The molecule has 0 bridgehead atoms. The molecule has 16 heavy (non-hydrogen) atoms. The van der Waals surface area contributed by atoms with Crippen molar-refractivity contribution in [2.45, 2.75) is 13.0 Å². The van der Waals surface area contributed by atoms with E-state index in [1.165, 1.54) is 0 Å². The Kier molecular flexibility index (Phi) is 8.19. The van der Waals surface area contributed by atoms with Crippen LogP contribution in [0.5, 0.6) is 11.5 Å². The third-order valence-corrected chi connectivity index (χ3v) is 2.04. The van der Waals surface area contributed by atoms with Gasteiger partial charge in [0.25, 0.3) is 0 Å². The molecular formula is C12H17LiO3. The molecule has 0 radical (unpaired) electrons. The van der Waals surface area contributed by atoms with Crippen molar-refractivity contribution in [3.8, 4) is 11.5 Å². The molecule has 84 valence electrons. The van der Waals surface area contributed by atoms with Crippen LogP contribution in [0, 0.1) is 6.92 Å². The van der Waals surface area contributed by atoms with Crippen molar-refractivity contribution in [2.75, 3.05) is 20.8 Å². The molecule has 4 heteroatoms. The quantitative estimate of drug-likeness (QED) is 0.363. The van der Waals surface area contributed by atoms with Crippen molar-refractivity contribution in [1.82, 2.24) is 0 Å². The van der Waals surface area contributed by atoms with Crippen LogP contribution in [-0.4, -0.2) is 20.8 Å². The minimum atomic E-state index is 0. The first-order valence-electron chi connectivity index (χ1n) is 4.89. The van der Waals surface area contributed by atoms with Gasteiger partial charge in [-0.3, -0.25) is 0 Å². The van der Waals surface area contributed by atoms with Crippen LogP contribution in [-0.2, 0) is 11.3 Å². The normalized spacial score (nSPS) is 9.44. The molecule has 0 saturated heterocycles. The van der Waals surface area contributed by atoms with E-state index in [-0.39, 0.29) is 18.9 Å². The average Bonchev–Trinajstić information content (AvgIpc) is 2.29. The monoisotopic (exact) mass is 216 g/mol. The first-order chi connectivity index (χ1) is 7.31. The summed E-state index contributed by atoms with van der Waals surface area (Å²) in [5.74, 6) is 1.58. The standard InChI is InChI=1S/C12H17O3.Li/c1-4-7-15-9-10-5-6-11(13-2)8-12(10)14-3;/h5-6,8H,1,4,7,9H2,2-3H3;/q-1;+1. The Bertz CT molecular complexity index is 302. The van der Waals surface area contributed by atoms with E-state index in [0.29, 0.717) is 13.2 Å². The zero-order valence-corrected chi connectivity index (χ0v) is 10.3. The zero-order valence-electron chi connectivity index (χ0n) is 10.3. The van der Waals surface area contributed by atoms with E-state index in [4.69, 9.17) is 14.2 Å². The van der Waals surface area contributed by atoms with Gasteiger partial charge in [0.05, 0.1) is 20.8 Å². The van der Waals surface area contributed by atoms with Crippen LogP contribution in [0.25, 0.3) is 0 Å². The van der Waals surface area contributed by atoms with Gasteiger partial charge < -0.3 is 21.1 Å². The summed E-state index contributed by atoms with van der Waals surface area (Å²) < 4.78 is 15.8. The minimum absolute atomic E-state index is 0. The summed E-state index contributed by atoms with van der Waals surface area (Å²) >= 11 is 0. The van der Waals surface area contributed by atoms with Crippen molar-refractivity contribution >= 4 is 0 Å². The Hall–Kier alpha value is -0.623. The largest absolute Gasteiger partial charge is 1.00 e. The van der Waals surface area contributed by atoms with E-state index < -0.39 is 0 Å². The Morgan fingerprint density at radius 2 is 1.94 bits per heavy atom. The van der Waals surface area contributed by atoms with Gasteiger partial charge in [-0.25, -0.2) is 0 Å². The van der Waals surface area contributed by atoms with Gasteiger partial charge in [0.15, 0.2) is 0 Å². The van der Waals surface area contributed by atoms with E-state index in [1.54, 1.807) is 14.2 Å². The number of rotatable bonds is 6. The van der Waals surface area contributed by atoms with Crippen LogP contribution >= 0.6 is 0 Å². The first-order valence-corrected chi connectivity index (χ1v) is 4.89. The van der Waals surface area contributed by atoms with Gasteiger partial charge in [0.2, 0.25) is 0 Å². The third-order valence-electron chi connectivity index (χ3n) is 2.04. The third kappa shape index (κ3) is 4.48. The first kappa shape index (κ1) is 15.4. The number of hydrogen-bond donors (Lipinski definition) is 0. The summed E-state index contributed by atoms with van der Waals surface area (Å²) in [6.45, 7) is 4.92. The van der Waals surface area contributed by atoms with Crippen molar-refractivity contribution in [1.29, 1.82) is 0 Å². The maximum absolute atomic E-state index is 5.40. The maximum atomic E-state index is 5.40. The van der Waals surface area contributed by atoms with E-state index in [2.05, 4.69) is 6.92 Å². The summed E-state index contributed by atoms with van der Waals surface area (Å²) in [5.41, 5.74) is 1.02. The van der Waals surface area contributed by atoms with Gasteiger partial charge in [0, 0.05) is 18.2 Å². The van der Waals surface area contributed by atoms with Crippen molar-refractivity contribution in [3.63, 3.8) is 0 Å². The molecule has 1 rings (SSSR count). The van der Waals surface area contributed by atoms with Crippen molar-refractivity contribution in [2.24, 2.45) is 0 Å². The Morgan fingerprint density at radius 3 is 2.50 bits per heavy atom. The summed E-state index contributed by atoms with van der Waals surface area (Å²) in [6.07, 6.45) is 0.776. The smallest absolute Gasteiger partial charge is 0.497 e.